The number of ether oxygens (including phenoxy) is 1. The summed E-state index contributed by atoms with van der Waals surface area (Å²) in [5.74, 6) is -0.925. The third-order valence-corrected chi connectivity index (χ3v) is 3.60. The summed E-state index contributed by atoms with van der Waals surface area (Å²) in [7, 11) is 0. The maximum Gasteiger partial charge on any atom is 0.329 e. The number of carbonyl (C=O) groups excluding carboxylic acids is 2. The molecule has 6 nitrogen and oxygen atoms in total. The van der Waals surface area contributed by atoms with Crippen LogP contribution in [0.25, 0.3) is 0 Å². The van der Waals surface area contributed by atoms with Gasteiger partial charge in [0.2, 0.25) is 0 Å². The Labute approximate surface area is 153 Å². The summed E-state index contributed by atoms with van der Waals surface area (Å²) in [5.41, 5.74) is 4.54. The summed E-state index contributed by atoms with van der Waals surface area (Å²) in [4.78, 5) is 23.9. The fourth-order valence-corrected chi connectivity index (χ4v) is 2.27. The Bertz CT molecular complexity index is 787. The van der Waals surface area contributed by atoms with Crippen molar-refractivity contribution in [3.8, 4) is 5.75 Å². The lowest BCUT2D eigenvalue weighted by Crippen LogP contribution is -2.32. The number of rotatable bonds is 7. The van der Waals surface area contributed by atoms with E-state index in [0.29, 0.717) is 18.0 Å². The Morgan fingerprint density at radius 3 is 2.54 bits per heavy atom. The van der Waals surface area contributed by atoms with Gasteiger partial charge in [-0.3, -0.25) is 9.59 Å². The highest BCUT2D eigenvalue weighted by molar-refractivity contribution is 6.39. The minimum Gasteiger partial charge on any atom is -0.493 e. The van der Waals surface area contributed by atoms with Crippen molar-refractivity contribution in [2.24, 2.45) is 5.10 Å². The van der Waals surface area contributed by atoms with Gasteiger partial charge in [-0.2, -0.15) is 5.10 Å². The van der Waals surface area contributed by atoms with Crippen LogP contribution in [0.3, 0.4) is 0 Å². The van der Waals surface area contributed by atoms with E-state index in [4.69, 9.17) is 4.74 Å². The number of nitrogens with zero attached hydrogens (tertiary/aromatic N) is 1. The van der Waals surface area contributed by atoms with Crippen LogP contribution >= 0.6 is 0 Å². The van der Waals surface area contributed by atoms with Crippen LogP contribution in [-0.4, -0.2) is 24.6 Å². The summed E-state index contributed by atoms with van der Waals surface area (Å²) in [5, 5.41) is 6.45. The second-order valence-corrected chi connectivity index (χ2v) is 5.55. The largest absolute Gasteiger partial charge is 0.493 e. The molecule has 0 bridgehead atoms. The third kappa shape index (κ3) is 5.44. The quantitative estimate of drug-likeness (QED) is 0.456. The molecule has 0 unspecified atom stereocenters. The van der Waals surface area contributed by atoms with Crippen molar-refractivity contribution < 1.29 is 14.3 Å². The zero-order valence-corrected chi connectivity index (χ0v) is 15.0. The molecular formula is C20H23N3O3. The zero-order chi connectivity index (χ0) is 18.8. The lowest BCUT2D eigenvalue weighted by molar-refractivity contribution is -0.136. The number of hydrogen-bond acceptors (Lipinski definition) is 4. The average molecular weight is 353 g/mol. The number of carbonyl (C=O) groups is 2. The first kappa shape index (κ1) is 19.2. The highest BCUT2D eigenvalue weighted by Gasteiger charge is 2.14. The summed E-state index contributed by atoms with van der Waals surface area (Å²) in [6.07, 6.45) is 3.10. The van der Waals surface area contributed by atoms with Crippen LogP contribution < -0.4 is 15.5 Å². The first-order valence-corrected chi connectivity index (χ1v) is 8.59. The van der Waals surface area contributed by atoms with Gasteiger partial charge in [0.1, 0.15) is 5.75 Å². The molecule has 2 rings (SSSR count). The lowest BCUT2D eigenvalue weighted by atomic mass is 10.1. The molecule has 0 radical (unpaired) electrons. The van der Waals surface area contributed by atoms with E-state index < -0.39 is 11.8 Å². The van der Waals surface area contributed by atoms with Gasteiger partial charge in [0.05, 0.1) is 12.8 Å². The lowest BCUT2D eigenvalue weighted by Gasteiger charge is -2.09. The number of nitrogens with one attached hydrogen (secondary N) is 2. The molecule has 2 N–H and O–H groups in total. The van der Waals surface area contributed by atoms with Gasteiger partial charge in [-0.05, 0) is 36.6 Å². The minimum atomic E-state index is -0.834. The van der Waals surface area contributed by atoms with E-state index in [1.807, 2.05) is 50.2 Å². The predicted octanol–water partition coefficient (Wildman–Crippen LogP) is 3.13. The second kappa shape index (κ2) is 9.98. The summed E-state index contributed by atoms with van der Waals surface area (Å²) in [6, 6.07) is 14.7. The topological polar surface area (TPSA) is 79.8 Å². The van der Waals surface area contributed by atoms with Crippen molar-refractivity contribution in [2.75, 3.05) is 11.9 Å². The predicted molar refractivity (Wildman–Crippen MR) is 102 cm³/mol. The summed E-state index contributed by atoms with van der Waals surface area (Å²) >= 11 is 0. The smallest absolute Gasteiger partial charge is 0.329 e. The molecule has 2 aromatic rings. The van der Waals surface area contributed by atoms with Crippen molar-refractivity contribution >= 4 is 23.7 Å². The molecule has 0 heterocycles. The first-order valence-electron chi connectivity index (χ1n) is 8.59. The molecule has 0 aromatic heterocycles. The number of amides is 2. The van der Waals surface area contributed by atoms with Crippen LogP contribution in [0.1, 0.15) is 31.4 Å². The van der Waals surface area contributed by atoms with Gasteiger partial charge >= 0.3 is 11.8 Å². The fourth-order valence-electron chi connectivity index (χ4n) is 2.27. The van der Waals surface area contributed by atoms with Gasteiger partial charge < -0.3 is 10.1 Å². The Morgan fingerprint density at radius 1 is 1.04 bits per heavy atom. The SMILES string of the molecule is CCCOc1ccccc1/C=N\NC(=O)C(=O)Nc1ccccc1CC. The van der Waals surface area contributed by atoms with Gasteiger partial charge in [-0.1, -0.05) is 44.2 Å². The highest BCUT2D eigenvalue weighted by Crippen LogP contribution is 2.16. The summed E-state index contributed by atoms with van der Waals surface area (Å²) < 4.78 is 5.61. The molecule has 0 saturated heterocycles. The van der Waals surface area contributed by atoms with Crippen molar-refractivity contribution in [3.05, 3.63) is 59.7 Å². The van der Waals surface area contributed by atoms with Gasteiger partial charge in [-0.25, -0.2) is 5.43 Å². The van der Waals surface area contributed by atoms with Crippen LogP contribution in [0.2, 0.25) is 0 Å². The molecule has 26 heavy (non-hydrogen) atoms. The number of benzene rings is 2. The Balaban J connectivity index is 1.96. The van der Waals surface area contributed by atoms with E-state index in [0.717, 1.165) is 24.0 Å². The Morgan fingerprint density at radius 2 is 1.77 bits per heavy atom. The van der Waals surface area contributed by atoms with Gasteiger partial charge in [0, 0.05) is 11.3 Å². The van der Waals surface area contributed by atoms with E-state index in [2.05, 4.69) is 15.8 Å². The maximum atomic E-state index is 12.0. The van der Waals surface area contributed by atoms with E-state index >= 15 is 0 Å². The normalized spacial score (nSPS) is 10.5. The molecule has 136 valence electrons. The molecule has 0 atom stereocenters. The summed E-state index contributed by atoms with van der Waals surface area (Å²) in [6.45, 7) is 4.59. The molecule has 0 saturated carbocycles. The first-order chi connectivity index (χ1) is 12.7. The molecule has 0 aliphatic rings. The van der Waals surface area contributed by atoms with E-state index in [9.17, 15) is 9.59 Å². The highest BCUT2D eigenvalue weighted by atomic mass is 16.5. The van der Waals surface area contributed by atoms with Crippen molar-refractivity contribution in [2.45, 2.75) is 26.7 Å². The maximum absolute atomic E-state index is 12.0. The third-order valence-electron chi connectivity index (χ3n) is 3.60. The zero-order valence-electron chi connectivity index (χ0n) is 15.0. The molecule has 2 amide bonds. The molecule has 6 heteroatoms. The number of aryl methyl sites for hydroxylation is 1. The monoisotopic (exact) mass is 353 g/mol. The van der Waals surface area contributed by atoms with E-state index in [-0.39, 0.29) is 0 Å². The van der Waals surface area contributed by atoms with E-state index in [1.54, 1.807) is 12.1 Å². The van der Waals surface area contributed by atoms with Crippen LogP contribution in [0, 0.1) is 0 Å². The van der Waals surface area contributed by atoms with Gasteiger partial charge in [0.25, 0.3) is 0 Å². The second-order valence-electron chi connectivity index (χ2n) is 5.55. The molecule has 0 fully saturated rings. The van der Waals surface area contributed by atoms with Crippen LogP contribution in [0.5, 0.6) is 5.75 Å². The van der Waals surface area contributed by atoms with Crippen LogP contribution in [0.4, 0.5) is 5.69 Å². The average Bonchev–Trinajstić information content (AvgIpc) is 2.67. The van der Waals surface area contributed by atoms with Gasteiger partial charge in [0.15, 0.2) is 0 Å². The molecule has 0 spiro atoms. The van der Waals surface area contributed by atoms with Crippen molar-refractivity contribution in [1.82, 2.24) is 5.43 Å². The van der Waals surface area contributed by atoms with Crippen LogP contribution in [-0.2, 0) is 16.0 Å². The molecule has 2 aromatic carbocycles. The van der Waals surface area contributed by atoms with Crippen molar-refractivity contribution in [1.29, 1.82) is 0 Å². The van der Waals surface area contributed by atoms with Crippen molar-refractivity contribution in [3.63, 3.8) is 0 Å². The van der Waals surface area contributed by atoms with Crippen LogP contribution in [0.15, 0.2) is 53.6 Å². The Hall–Kier alpha value is -3.15. The minimum absolute atomic E-state index is 0.594. The fraction of sp³-hybridized carbons (Fsp3) is 0.250. The van der Waals surface area contributed by atoms with E-state index in [1.165, 1.54) is 6.21 Å². The standard InChI is InChI=1S/C20H23N3O3/c1-3-13-26-18-12-8-6-10-16(18)14-21-23-20(25)19(24)22-17-11-7-5-9-15(17)4-2/h5-12,14H,3-4,13H2,1-2H3,(H,22,24)(H,23,25)/b21-14-. The Kier molecular flexibility index (Phi) is 7.36. The number of hydrazone groups is 1. The molecule has 0 aliphatic carbocycles. The number of para-hydroxylation sites is 2. The number of hydrogen-bond donors (Lipinski definition) is 2. The molecule has 0 aliphatic heterocycles. The number of anilines is 1. The van der Waals surface area contributed by atoms with Gasteiger partial charge in [-0.15, -0.1) is 0 Å². The molecular weight excluding hydrogens is 330 g/mol.